The van der Waals surface area contributed by atoms with Crippen LogP contribution in [0.5, 0.6) is 5.75 Å². The topological polar surface area (TPSA) is 50.1 Å². The van der Waals surface area contributed by atoms with E-state index in [1.165, 1.54) is 0 Å². The molecule has 3 nitrogen and oxygen atoms in total. The van der Waals surface area contributed by atoms with Crippen LogP contribution in [0, 0.1) is 16.7 Å². The number of hydrogen-bond acceptors (Lipinski definition) is 3. The van der Waals surface area contributed by atoms with E-state index in [0.29, 0.717) is 12.4 Å². The zero-order chi connectivity index (χ0) is 17.6. The van der Waals surface area contributed by atoms with Crippen molar-refractivity contribution in [2.24, 2.45) is 5.41 Å². The Morgan fingerprint density at radius 3 is 2.46 bits per heavy atom. The molecule has 2 aromatic carbocycles. The molecule has 0 bridgehead atoms. The van der Waals surface area contributed by atoms with Crippen molar-refractivity contribution in [3.63, 3.8) is 0 Å². The number of benzene rings is 2. The maximum atomic E-state index is 12.3. The Bertz CT molecular complexity index is 777. The van der Waals surface area contributed by atoms with Crippen molar-refractivity contribution in [3.05, 3.63) is 71.3 Å². The molecule has 122 valence electrons. The summed E-state index contributed by atoms with van der Waals surface area (Å²) in [5.74, 6) is 0.536. The summed E-state index contributed by atoms with van der Waals surface area (Å²) in [4.78, 5) is 12.3. The van der Waals surface area contributed by atoms with Crippen LogP contribution in [0.25, 0.3) is 6.08 Å². The summed E-state index contributed by atoms with van der Waals surface area (Å²) in [6.07, 6.45) is 1.61. The van der Waals surface area contributed by atoms with E-state index < -0.39 is 5.41 Å². The van der Waals surface area contributed by atoms with Crippen molar-refractivity contribution in [1.82, 2.24) is 0 Å². The molecule has 0 unspecified atom stereocenters. The van der Waals surface area contributed by atoms with Crippen LogP contribution in [0.2, 0.25) is 0 Å². The number of carbonyl (C=O) groups is 1. The molecule has 0 amide bonds. The maximum absolute atomic E-state index is 12.3. The van der Waals surface area contributed by atoms with E-state index >= 15 is 0 Å². The van der Waals surface area contributed by atoms with Gasteiger partial charge in [0, 0.05) is 5.41 Å². The van der Waals surface area contributed by atoms with Crippen molar-refractivity contribution in [1.29, 1.82) is 5.26 Å². The first-order valence-electron chi connectivity index (χ1n) is 7.83. The predicted molar refractivity (Wildman–Crippen MR) is 95.3 cm³/mol. The Hall–Kier alpha value is -2.86. The molecule has 24 heavy (non-hydrogen) atoms. The molecule has 0 radical (unpaired) electrons. The first-order valence-corrected chi connectivity index (χ1v) is 7.83. The Labute approximate surface area is 143 Å². The van der Waals surface area contributed by atoms with Crippen molar-refractivity contribution < 1.29 is 9.53 Å². The van der Waals surface area contributed by atoms with E-state index in [1.807, 2.05) is 60.7 Å². The zero-order valence-corrected chi connectivity index (χ0v) is 14.2. The summed E-state index contributed by atoms with van der Waals surface area (Å²) in [7, 11) is 0. The third-order valence-corrected chi connectivity index (χ3v) is 3.46. The number of rotatable bonds is 5. The number of ether oxygens (including phenoxy) is 1. The minimum Gasteiger partial charge on any atom is -0.489 e. The van der Waals surface area contributed by atoms with Crippen molar-refractivity contribution >= 4 is 11.9 Å². The molecule has 0 heterocycles. The fourth-order valence-corrected chi connectivity index (χ4v) is 2.15. The highest BCUT2D eigenvalue weighted by Gasteiger charge is 2.24. The van der Waals surface area contributed by atoms with E-state index in [-0.39, 0.29) is 11.4 Å². The van der Waals surface area contributed by atoms with Crippen LogP contribution < -0.4 is 4.74 Å². The Morgan fingerprint density at radius 1 is 1.12 bits per heavy atom. The van der Waals surface area contributed by atoms with Crippen LogP contribution in [-0.4, -0.2) is 5.78 Å². The summed E-state index contributed by atoms with van der Waals surface area (Å²) >= 11 is 0. The smallest absolute Gasteiger partial charge is 0.178 e. The molecule has 0 spiro atoms. The third kappa shape index (κ3) is 4.82. The van der Waals surface area contributed by atoms with Gasteiger partial charge in [0.25, 0.3) is 0 Å². The number of allylic oxidation sites excluding steroid dienone is 1. The Balaban J connectivity index is 2.16. The van der Waals surface area contributed by atoms with Crippen LogP contribution in [0.3, 0.4) is 0 Å². The molecule has 0 fully saturated rings. The highest BCUT2D eigenvalue weighted by molar-refractivity contribution is 6.06. The van der Waals surface area contributed by atoms with Gasteiger partial charge in [-0.25, -0.2) is 0 Å². The fourth-order valence-electron chi connectivity index (χ4n) is 2.15. The minimum absolute atomic E-state index is 0.155. The summed E-state index contributed by atoms with van der Waals surface area (Å²) in [6.45, 7) is 5.89. The van der Waals surface area contributed by atoms with E-state index in [9.17, 15) is 10.1 Å². The molecule has 0 aromatic heterocycles. The van der Waals surface area contributed by atoms with Gasteiger partial charge in [-0.05, 0) is 29.3 Å². The van der Waals surface area contributed by atoms with Crippen molar-refractivity contribution in [2.45, 2.75) is 27.4 Å². The van der Waals surface area contributed by atoms with Crippen LogP contribution >= 0.6 is 0 Å². The lowest BCUT2D eigenvalue weighted by Gasteiger charge is -2.15. The van der Waals surface area contributed by atoms with Crippen LogP contribution in [0.4, 0.5) is 0 Å². The molecule has 2 rings (SSSR count). The number of hydrogen-bond donors (Lipinski definition) is 0. The van der Waals surface area contributed by atoms with Gasteiger partial charge in [0.2, 0.25) is 0 Å². The van der Waals surface area contributed by atoms with Gasteiger partial charge in [-0.3, -0.25) is 4.79 Å². The molecular formula is C21H21NO2. The minimum atomic E-state index is -0.580. The number of Topliss-reactive ketones (excluding diaryl/α,β-unsaturated/α-hetero) is 1. The second-order valence-electron chi connectivity index (χ2n) is 6.60. The summed E-state index contributed by atoms with van der Waals surface area (Å²) in [5, 5.41) is 9.27. The van der Waals surface area contributed by atoms with E-state index in [2.05, 4.69) is 0 Å². The largest absolute Gasteiger partial charge is 0.489 e. The van der Waals surface area contributed by atoms with Gasteiger partial charge in [0.1, 0.15) is 18.4 Å². The molecule has 3 heteroatoms. The third-order valence-electron chi connectivity index (χ3n) is 3.46. The number of nitrogens with zero attached hydrogens (tertiary/aromatic N) is 1. The summed E-state index contributed by atoms with van der Waals surface area (Å²) in [6, 6.07) is 19.3. The van der Waals surface area contributed by atoms with Crippen molar-refractivity contribution in [3.8, 4) is 11.8 Å². The molecule has 0 aliphatic carbocycles. The van der Waals surface area contributed by atoms with Crippen LogP contribution in [0.15, 0.2) is 60.2 Å². The number of ketones is 1. The van der Waals surface area contributed by atoms with E-state index in [4.69, 9.17) is 4.74 Å². The first-order chi connectivity index (χ1) is 11.4. The number of carbonyl (C=O) groups excluding carboxylic acids is 1. The van der Waals surface area contributed by atoms with Gasteiger partial charge in [0.05, 0.1) is 5.57 Å². The van der Waals surface area contributed by atoms with Crippen molar-refractivity contribution in [2.75, 3.05) is 0 Å². The second kappa shape index (κ2) is 7.61. The normalized spacial score (nSPS) is 11.7. The van der Waals surface area contributed by atoms with Crippen LogP contribution in [0.1, 0.15) is 31.9 Å². The second-order valence-corrected chi connectivity index (χ2v) is 6.60. The summed E-state index contributed by atoms with van der Waals surface area (Å²) < 4.78 is 5.78. The van der Waals surface area contributed by atoms with Gasteiger partial charge in [-0.2, -0.15) is 5.26 Å². The fraction of sp³-hybridized carbons (Fsp3) is 0.238. The molecular weight excluding hydrogens is 298 g/mol. The average Bonchev–Trinajstić information content (AvgIpc) is 2.58. The van der Waals surface area contributed by atoms with Crippen LogP contribution in [-0.2, 0) is 11.4 Å². The van der Waals surface area contributed by atoms with E-state index in [1.54, 1.807) is 26.8 Å². The molecule has 0 N–H and O–H groups in total. The van der Waals surface area contributed by atoms with E-state index in [0.717, 1.165) is 11.1 Å². The van der Waals surface area contributed by atoms with Gasteiger partial charge in [-0.15, -0.1) is 0 Å². The monoisotopic (exact) mass is 319 g/mol. The Morgan fingerprint density at radius 2 is 1.83 bits per heavy atom. The average molecular weight is 319 g/mol. The molecule has 0 saturated carbocycles. The Kier molecular flexibility index (Phi) is 5.55. The maximum Gasteiger partial charge on any atom is 0.178 e. The lowest BCUT2D eigenvalue weighted by atomic mass is 9.86. The first kappa shape index (κ1) is 17.5. The standard InChI is InChI=1S/C21H21NO2/c1-21(2,3)20(23)18(14-22)12-17-10-7-11-19(13-17)24-15-16-8-5-4-6-9-16/h4-13H,15H2,1-3H3/b18-12+. The van der Waals surface area contributed by atoms with Gasteiger partial charge in [-0.1, -0.05) is 63.2 Å². The summed E-state index contributed by atoms with van der Waals surface area (Å²) in [5.41, 5.74) is 1.43. The lowest BCUT2D eigenvalue weighted by Crippen LogP contribution is -2.21. The molecule has 0 aliphatic rings. The highest BCUT2D eigenvalue weighted by Crippen LogP contribution is 2.23. The molecule has 0 atom stereocenters. The number of nitriles is 1. The molecule has 0 saturated heterocycles. The SMILES string of the molecule is CC(C)(C)C(=O)/C(C#N)=C/c1cccc(OCc2ccccc2)c1. The van der Waals surface area contributed by atoms with Gasteiger partial charge in [0.15, 0.2) is 5.78 Å². The highest BCUT2D eigenvalue weighted by atomic mass is 16.5. The quantitative estimate of drug-likeness (QED) is 0.588. The van der Waals surface area contributed by atoms with Gasteiger partial charge >= 0.3 is 0 Å². The zero-order valence-electron chi connectivity index (χ0n) is 14.2. The molecule has 2 aromatic rings. The predicted octanol–water partition coefficient (Wildman–Crippen LogP) is 4.79. The lowest BCUT2D eigenvalue weighted by molar-refractivity contribution is -0.121. The van der Waals surface area contributed by atoms with Gasteiger partial charge < -0.3 is 4.74 Å². The molecule has 0 aliphatic heterocycles.